The number of fused-ring (bicyclic) bond motifs is 5. The fourth-order valence-corrected chi connectivity index (χ4v) is 5.07. The third kappa shape index (κ3) is 0.610. The maximum Gasteiger partial charge on any atom is -0.00838 e. The normalized spacial score (nSPS) is 71.2. The molecule has 4 aliphatic rings. The van der Waals surface area contributed by atoms with Crippen molar-refractivity contribution >= 4 is 0 Å². The highest BCUT2D eigenvalue weighted by atomic mass is 14.8. The summed E-state index contributed by atoms with van der Waals surface area (Å²) in [6.45, 7) is 6.46. The summed E-state index contributed by atoms with van der Waals surface area (Å²) in [4.78, 5) is 0. The molecule has 0 aliphatic heterocycles. The van der Waals surface area contributed by atoms with Crippen LogP contribution in [-0.4, -0.2) is 0 Å². The van der Waals surface area contributed by atoms with Gasteiger partial charge in [0.25, 0.3) is 0 Å². The van der Waals surface area contributed by atoms with E-state index in [9.17, 15) is 0 Å². The van der Waals surface area contributed by atoms with Gasteiger partial charge in [-0.2, -0.15) is 0 Å². The van der Waals surface area contributed by atoms with Crippen molar-refractivity contribution in [3.63, 3.8) is 0 Å². The van der Waals surface area contributed by atoms with Crippen LogP contribution in [0.5, 0.6) is 0 Å². The Balaban J connectivity index is 1.66. The molecule has 0 saturated heterocycles. The van der Waals surface area contributed by atoms with E-state index in [1.54, 1.807) is 19.3 Å². The fraction of sp³-hybridized carbons (Fsp3) is 0.846. The maximum atomic E-state index is 4.02. The molecule has 0 radical (unpaired) electrons. The molecule has 0 amide bonds. The summed E-state index contributed by atoms with van der Waals surface area (Å²) in [7, 11) is 0. The molecule has 4 saturated carbocycles. The van der Waals surface area contributed by atoms with Gasteiger partial charge in [0.1, 0.15) is 0 Å². The summed E-state index contributed by atoms with van der Waals surface area (Å²) in [6.07, 6.45) is 6.98. The van der Waals surface area contributed by atoms with Crippen molar-refractivity contribution in [1.29, 1.82) is 0 Å². The van der Waals surface area contributed by atoms with Crippen molar-refractivity contribution in [3.8, 4) is 0 Å². The lowest BCUT2D eigenvalue weighted by molar-refractivity contribution is 0.289. The van der Waals surface area contributed by atoms with Crippen molar-refractivity contribution in [3.05, 3.63) is 12.7 Å². The summed E-state index contributed by atoms with van der Waals surface area (Å²) < 4.78 is 0. The van der Waals surface area contributed by atoms with E-state index in [0.717, 1.165) is 23.7 Å². The molecule has 4 aliphatic carbocycles. The van der Waals surface area contributed by atoms with Gasteiger partial charge in [-0.25, -0.2) is 0 Å². The van der Waals surface area contributed by atoms with E-state index in [1.807, 2.05) is 0 Å². The first-order valence-electron chi connectivity index (χ1n) is 5.89. The van der Waals surface area contributed by atoms with Gasteiger partial charge in [0.15, 0.2) is 0 Å². The van der Waals surface area contributed by atoms with Gasteiger partial charge in [-0.15, -0.1) is 6.58 Å². The highest BCUT2D eigenvalue weighted by Gasteiger charge is 2.73. The summed E-state index contributed by atoms with van der Waals surface area (Å²) >= 11 is 0. The van der Waals surface area contributed by atoms with Gasteiger partial charge in [-0.3, -0.25) is 0 Å². The Bertz CT molecular complexity index is 292. The van der Waals surface area contributed by atoms with Gasteiger partial charge >= 0.3 is 0 Å². The predicted molar refractivity (Wildman–Crippen MR) is 53.1 cm³/mol. The number of hydrogen-bond donors (Lipinski definition) is 0. The summed E-state index contributed by atoms with van der Waals surface area (Å²) in [5.41, 5.74) is 0.567. The molecule has 70 valence electrons. The van der Waals surface area contributed by atoms with Crippen LogP contribution >= 0.6 is 0 Å². The van der Waals surface area contributed by atoms with E-state index in [0.29, 0.717) is 5.41 Å². The molecular weight excluding hydrogens is 156 g/mol. The SMILES string of the molecule is C=CC1(C)C2CC3C4CC4CC3C21. The van der Waals surface area contributed by atoms with Crippen LogP contribution in [0.25, 0.3) is 0 Å². The van der Waals surface area contributed by atoms with E-state index in [2.05, 4.69) is 19.6 Å². The van der Waals surface area contributed by atoms with Crippen molar-refractivity contribution in [2.24, 2.45) is 40.9 Å². The lowest BCUT2D eigenvalue weighted by atomic mass is 9.83. The highest BCUT2D eigenvalue weighted by molar-refractivity contribution is 5.26. The lowest BCUT2D eigenvalue weighted by Gasteiger charge is -2.22. The summed E-state index contributed by atoms with van der Waals surface area (Å²) in [6, 6.07) is 0. The van der Waals surface area contributed by atoms with Gasteiger partial charge < -0.3 is 0 Å². The van der Waals surface area contributed by atoms with Gasteiger partial charge in [0.2, 0.25) is 0 Å². The minimum absolute atomic E-state index is 0.567. The Morgan fingerprint density at radius 3 is 2.69 bits per heavy atom. The van der Waals surface area contributed by atoms with E-state index >= 15 is 0 Å². The first-order valence-corrected chi connectivity index (χ1v) is 5.89. The molecule has 4 fully saturated rings. The van der Waals surface area contributed by atoms with E-state index in [4.69, 9.17) is 0 Å². The van der Waals surface area contributed by atoms with Crippen LogP contribution in [0.3, 0.4) is 0 Å². The quantitative estimate of drug-likeness (QED) is 0.536. The van der Waals surface area contributed by atoms with E-state index in [-0.39, 0.29) is 0 Å². The molecule has 13 heavy (non-hydrogen) atoms. The molecule has 0 heterocycles. The average Bonchev–Trinajstić information content (AvgIpc) is 2.89. The molecule has 7 unspecified atom stereocenters. The molecular formula is C13H18. The third-order valence-electron chi connectivity index (χ3n) is 5.92. The monoisotopic (exact) mass is 174 g/mol. The van der Waals surface area contributed by atoms with Crippen LogP contribution in [0.15, 0.2) is 12.7 Å². The van der Waals surface area contributed by atoms with Crippen LogP contribution < -0.4 is 0 Å². The van der Waals surface area contributed by atoms with E-state index < -0.39 is 0 Å². The number of hydrogen-bond acceptors (Lipinski definition) is 0. The van der Waals surface area contributed by atoms with Crippen LogP contribution in [-0.2, 0) is 0 Å². The first-order chi connectivity index (χ1) is 6.25. The van der Waals surface area contributed by atoms with E-state index in [1.165, 1.54) is 11.8 Å². The second kappa shape index (κ2) is 1.76. The topological polar surface area (TPSA) is 0 Å². The standard InChI is InChI=1S/C13H18/c1-3-13(2)11-6-9-8-4-7(8)5-10(9)12(11)13/h3,7-12H,1,4-6H2,2H3. The van der Waals surface area contributed by atoms with Gasteiger partial charge in [0, 0.05) is 0 Å². The molecule has 0 N–H and O–H groups in total. The molecule has 0 nitrogen and oxygen atoms in total. The predicted octanol–water partition coefficient (Wildman–Crippen LogP) is 3.10. The Morgan fingerprint density at radius 2 is 1.92 bits per heavy atom. The fourth-order valence-electron chi connectivity index (χ4n) is 5.07. The smallest absolute Gasteiger partial charge is 0.00838 e. The molecule has 0 spiro atoms. The first kappa shape index (κ1) is 7.09. The minimum Gasteiger partial charge on any atom is -0.103 e. The number of rotatable bonds is 1. The second-order valence-electron chi connectivity index (χ2n) is 6.16. The van der Waals surface area contributed by atoms with Crippen LogP contribution in [0.4, 0.5) is 0 Å². The van der Waals surface area contributed by atoms with Crippen LogP contribution in [0.2, 0.25) is 0 Å². The van der Waals surface area contributed by atoms with Gasteiger partial charge in [0.05, 0.1) is 0 Å². The zero-order valence-electron chi connectivity index (χ0n) is 8.37. The third-order valence-corrected chi connectivity index (χ3v) is 5.92. The van der Waals surface area contributed by atoms with Crippen molar-refractivity contribution < 1.29 is 0 Å². The Hall–Kier alpha value is -0.260. The molecule has 0 heteroatoms. The number of allylic oxidation sites excluding steroid dienone is 1. The molecule has 7 atom stereocenters. The zero-order valence-corrected chi connectivity index (χ0v) is 8.37. The molecule has 0 aromatic heterocycles. The summed E-state index contributed by atoms with van der Waals surface area (Å²) in [5, 5.41) is 0. The maximum absolute atomic E-state index is 4.02. The van der Waals surface area contributed by atoms with Crippen molar-refractivity contribution in [1.82, 2.24) is 0 Å². The zero-order chi connectivity index (χ0) is 8.79. The minimum atomic E-state index is 0.567. The Labute approximate surface area is 80.4 Å². The van der Waals surface area contributed by atoms with Gasteiger partial charge in [-0.1, -0.05) is 13.0 Å². The highest BCUT2D eigenvalue weighted by Crippen LogP contribution is 2.79. The molecule has 0 bridgehead atoms. The largest absolute Gasteiger partial charge is 0.103 e. The Kier molecular flexibility index (Phi) is 0.959. The van der Waals surface area contributed by atoms with Crippen LogP contribution in [0.1, 0.15) is 26.2 Å². The average molecular weight is 174 g/mol. The van der Waals surface area contributed by atoms with Gasteiger partial charge in [-0.05, 0) is 60.2 Å². The van der Waals surface area contributed by atoms with Crippen molar-refractivity contribution in [2.45, 2.75) is 26.2 Å². The molecule has 4 rings (SSSR count). The second-order valence-corrected chi connectivity index (χ2v) is 6.16. The molecule has 0 aromatic carbocycles. The molecule has 0 aromatic rings. The Morgan fingerprint density at radius 1 is 1.15 bits per heavy atom. The lowest BCUT2D eigenvalue weighted by Crippen LogP contribution is -2.15. The summed E-state index contributed by atoms with van der Waals surface area (Å²) in [5.74, 6) is 6.74. The van der Waals surface area contributed by atoms with Crippen LogP contribution in [0, 0.1) is 40.9 Å². The van der Waals surface area contributed by atoms with Crippen molar-refractivity contribution in [2.75, 3.05) is 0 Å².